The second-order valence-corrected chi connectivity index (χ2v) is 16.3. The summed E-state index contributed by atoms with van der Waals surface area (Å²) in [4.78, 5) is 74.9. The fourth-order valence-electron chi connectivity index (χ4n) is 8.93. The summed E-state index contributed by atoms with van der Waals surface area (Å²) < 4.78 is 6.25. The van der Waals surface area contributed by atoms with Gasteiger partial charge in [-0.15, -0.1) is 0 Å². The van der Waals surface area contributed by atoms with Gasteiger partial charge in [0.15, 0.2) is 6.23 Å². The second kappa shape index (κ2) is 16.2. The van der Waals surface area contributed by atoms with E-state index in [1.165, 1.54) is 0 Å². The monoisotopic (exact) mass is 791 g/mol. The number of fused-ring (bicyclic) bond motifs is 1. The highest BCUT2D eigenvalue weighted by Gasteiger charge is 2.46. The Morgan fingerprint density at radius 2 is 1.63 bits per heavy atom. The summed E-state index contributed by atoms with van der Waals surface area (Å²) in [7, 11) is 0. The van der Waals surface area contributed by atoms with Gasteiger partial charge >= 0.3 is 0 Å². The number of halogens is 1. The van der Waals surface area contributed by atoms with Crippen LogP contribution in [0, 0.1) is 23.2 Å². The third-order valence-corrected chi connectivity index (χ3v) is 12.4. The average Bonchev–Trinajstić information content (AvgIpc) is 3.47. The number of hydrogen-bond donors (Lipinski definition) is 1. The van der Waals surface area contributed by atoms with Crippen molar-refractivity contribution < 1.29 is 28.7 Å². The van der Waals surface area contributed by atoms with Crippen molar-refractivity contribution in [3.8, 4) is 11.8 Å². The van der Waals surface area contributed by atoms with Crippen LogP contribution in [0.4, 0.5) is 11.4 Å². The molecule has 57 heavy (non-hydrogen) atoms. The molecule has 3 aromatic carbocycles. The first-order valence-corrected chi connectivity index (χ1v) is 20.3. The highest BCUT2D eigenvalue weighted by molar-refractivity contribution is 6.31. The van der Waals surface area contributed by atoms with E-state index in [4.69, 9.17) is 16.3 Å². The van der Waals surface area contributed by atoms with Gasteiger partial charge in [0, 0.05) is 82.5 Å². The molecule has 3 atom stereocenters. The van der Waals surface area contributed by atoms with Gasteiger partial charge in [-0.25, -0.2) is 0 Å². The maximum atomic E-state index is 13.8. The zero-order valence-electron chi connectivity index (χ0n) is 32.0. The van der Waals surface area contributed by atoms with E-state index in [0.29, 0.717) is 57.8 Å². The predicted octanol–water partition coefficient (Wildman–Crippen LogP) is 4.93. The van der Waals surface area contributed by atoms with Gasteiger partial charge in [0.1, 0.15) is 17.9 Å². The molecule has 5 aliphatic heterocycles. The molecule has 4 fully saturated rings. The topological polar surface area (TPSA) is 147 Å². The van der Waals surface area contributed by atoms with Crippen molar-refractivity contribution in [3.05, 3.63) is 87.9 Å². The molecule has 0 spiro atoms. The average molecular weight is 792 g/mol. The zero-order chi connectivity index (χ0) is 39.8. The van der Waals surface area contributed by atoms with Gasteiger partial charge in [0.2, 0.25) is 11.8 Å². The number of ether oxygens (including phenoxy) is 1. The third-order valence-electron chi connectivity index (χ3n) is 12.1. The van der Waals surface area contributed by atoms with Crippen LogP contribution in [-0.2, 0) is 9.59 Å². The van der Waals surface area contributed by atoms with Crippen molar-refractivity contribution in [2.75, 3.05) is 62.2 Å². The lowest BCUT2D eigenvalue weighted by atomic mass is 9.94. The zero-order valence-corrected chi connectivity index (χ0v) is 32.7. The molecule has 5 amide bonds. The Hall–Kier alpha value is -5.45. The number of imide groups is 2. The summed E-state index contributed by atoms with van der Waals surface area (Å²) in [6.07, 6.45) is 3.36. The van der Waals surface area contributed by atoms with E-state index in [1.54, 1.807) is 30.3 Å². The smallest absolute Gasteiger partial charge is 0.264 e. The van der Waals surface area contributed by atoms with Crippen molar-refractivity contribution >= 4 is 52.5 Å². The summed E-state index contributed by atoms with van der Waals surface area (Å²) in [6, 6.07) is 19.3. The Bertz CT molecular complexity index is 2120. The Balaban J connectivity index is 0.826. The van der Waals surface area contributed by atoms with Crippen LogP contribution >= 0.6 is 11.6 Å². The van der Waals surface area contributed by atoms with Gasteiger partial charge in [0.25, 0.3) is 17.7 Å². The van der Waals surface area contributed by atoms with Crippen LogP contribution in [0.5, 0.6) is 5.75 Å². The van der Waals surface area contributed by atoms with Gasteiger partial charge in [-0.2, -0.15) is 5.26 Å². The quantitative estimate of drug-likeness (QED) is 0.312. The van der Waals surface area contributed by atoms with E-state index in [-0.39, 0.29) is 18.7 Å². The van der Waals surface area contributed by atoms with Crippen molar-refractivity contribution in [2.45, 2.75) is 57.7 Å². The molecule has 5 aliphatic rings. The van der Waals surface area contributed by atoms with E-state index in [0.717, 1.165) is 81.4 Å². The molecule has 5 heterocycles. The molecule has 13 nitrogen and oxygen atoms in total. The maximum absolute atomic E-state index is 13.8. The van der Waals surface area contributed by atoms with Crippen molar-refractivity contribution in [2.24, 2.45) is 11.8 Å². The predicted molar refractivity (Wildman–Crippen MR) is 213 cm³/mol. The SMILES string of the molecule is CC1CCC(Oc2ccc(C#N)c(Cl)c2)N(C(=O)c2ccc(N3CCN(CC4CCN(c5cccc6c5C(=O)N(C5CCC(=O)NC5=O)C6=O)CC4)CC3)cc2)C1. The lowest BCUT2D eigenvalue weighted by Crippen LogP contribution is -2.54. The number of rotatable bonds is 8. The normalized spacial score (nSPS) is 23.4. The number of carbonyl (C=O) groups is 5. The highest BCUT2D eigenvalue weighted by atomic mass is 35.5. The van der Waals surface area contributed by atoms with Crippen molar-refractivity contribution in [1.82, 2.24) is 20.0 Å². The first-order valence-electron chi connectivity index (χ1n) is 19.9. The van der Waals surface area contributed by atoms with Crippen LogP contribution in [0.1, 0.15) is 82.1 Å². The van der Waals surface area contributed by atoms with Gasteiger partial charge in [-0.05, 0) is 86.1 Å². The molecule has 1 N–H and O–H groups in total. The number of amides is 5. The lowest BCUT2D eigenvalue weighted by Gasteiger charge is -2.40. The lowest BCUT2D eigenvalue weighted by molar-refractivity contribution is -0.136. The number of nitrogens with zero attached hydrogens (tertiary/aromatic N) is 6. The standard InChI is InChI=1S/C43H46ClN7O6/c1-27-5-14-38(57-32-11-8-30(24-45)34(44)23-32)50(25-27)41(54)29-6-9-31(10-7-29)48-21-19-47(20-22-48)26-28-15-17-49(18-16-28)35-4-2-3-33-39(35)43(56)51(42(33)55)36-12-13-37(52)46-40(36)53/h2-4,6-11,23,27-28,36,38H,5,12-22,25-26H2,1H3,(H,46,52,53). The molecule has 8 rings (SSSR count). The van der Waals surface area contributed by atoms with Gasteiger partial charge in [-0.1, -0.05) is 24.6 Å². The van der Waals surface area contributed by atoms with Crippen LogP contribution in [0.25, 0.3) is 0 Å². The first-order chi connectivity index (χ1) is 27.6. The molecule has 3 unspecified atom stereocenters. The number of hydrogen-bond acceptors (Lipinski definition) is 10. The summed E-state index contributed by atoms with van der Waals surface area (Å²) in [5.74, 6) is -0.631. The number of nitriles is 1. The van der Waals surface area contributed by atoms with E-state index < -0.39 is 35.9 Å². The summed E-state index contributed by atoms with van der Waals surface area (Å²) in [5.41, 5.74) is 3.48. The third kappa shape index (κ3) is 7.81. The number of carbonyl (C=O) groups excluding carboxylic acids is 5. The van der Waals surface area contributed by atoms with Crippen LogP contribution < -0.4 is 19.9 Å². The molecule has 4 saturated heterocycles. The Morgan fingerprint density at radius 1 is 0.877 bits per heavy atom. The van der Waals surface area contributed by atoms with Crippen molar-refractivity contribution in [1.29, 1.82) is 5.26 Å². The molecule has 3 aromatic rings. The van der Waals surface area contributed by atoms with Crippen LogP contribution in [0.15, 0.2) is 60.7 Å². The summed E-state index contributed by atoms with van der Waals surface area (Å²) >= 11 is 6.25. The molecule has 0 aliphatic carbocycles. The molecule has 0 saturated carbocycles. The molecule has 0 bridgehead atoms. The number of nitrogens with one attached hydrogen (secondary N) is 1. The summed E-state index contributed by atoms with van der Waals surface area (Å²) in [6.45, 7) is 8.89. The van der Waals surface area contributed by atoms with E-state index in [2.05, 4.69) is 33.0 Å². The molecular weight excluding hydrogens is 746 g/mol. The fraction of sp³-hybridized carbons (Fsp3) is 0.442. The fourth-order valence-corrected chi connectivity index (χ4v) is 9.15. The maximum Gasteiger partial charge on any atom is 0.264 e. The van der Waals surface area contributed by atoms with Gasteiger partial charge in [-0.3, -0.25) is 39.1 Å². The number of piperazine rings is 1. The van der Waals surface area contributed by atoms with Crippen LogP contribution in [0.3, 0.4) is 0 Å². The van der Waals surface area contributed by atoms with E-state index >= 15 is 0 Å². The molecule has 14 heteroatoms. The van der Waals surface area contributed by atoms with E-state index in [1.807, 2.05) is 35.2 Å². The minimum atomic E-state index is -0.983. The number of piperidine rings is 3. The minimum Gasteiger partial charge on any atom is -0.470 e. The van der Waals surface area contributed by atoms with Crippen LogP contribution in [0.2, 0.25) is 5.02 Å². The molecule has 0 radical (unpaired) electrons. The Labute approximate surface area is 337 Å². The molecule has 296 valence electrons. The largest absolute Gasteiger partial charge is 0.470 e. The summed E-state index contributed by atoms with van der Waals surface area (Å²) in [5, 5.41) is 11.8. The van der Waals surface area contributed by atoms with Gasteiger partial charge in [0.05, 0.1) is 27.4 Å². The minimum absolute atomic E-state index is 0.0698. The van der Waals surface area contributed by atoms with E-state index in [9.17, 15) is 29.2 Å². The van der Waals surface area contributed by atoms with Gasteiger partial charge < -0.3 is 19.4 Å². The Kier molecular flexibility index (Phi) is 10.9. The molecular formula is C43H46ClN7O6. The number of likely N-dealkylation sites (tertiary alicyclic amines) is 1. The van der Waals surface area contributed by atoms with Crippen LogP contribution in [-0.4, -0.2) is 109 Å². The Morgan fingerprint density at radius 3 is 2.33 bits per heavy atom. The highest BCUT2D eigenvalue weighted by Crippen LogP contribution is 2.36. The van der Waals surface area contributed by atoms with Crippen molar-refractivity contribution in [3.63, 3.8) is 0 Å². The molecule has 0 aromatic heterocycles. The number of benzene rings is 3. The second-order valence-electron chi connectivity index (χ2n) is 15.9. The first kappa shape index (κ1) is 38.4. The number of anilines is 2.